The Morgan fingerprint density at radius 2 is 1.71 bits per heavy atom. The number of hydrogen-bond donors (Lipinski definition) is 2. The molecule has 10 heteroatoms. The molecule has 7 nitrogen and oxygen atoms in total. The van der Waals surface area contributed by atoms with Gasteiger partial charge >= 0.3 is 12.1 Å². The molecule has 2 unspecified atom stereocenters. The summed E-state index contributed by atoms with van der Waals surface area (Å²) in [6, 6.07) is 10.8. The van der Waals surface area contributed by atoms with Crippen LogP contribution in [0.5, 0.6) is 0 Å². The monoisotopic (exact) mass is 624 g/mol. The van der Waals surface area contributed by atoms with Crippen LogP contribution in [0.2, 0.25) is 28.2 Å². The van der Waals surface area contributed by atoms with E-state index in [1.165, 1.54) is 0 Å². The van der Waals surface area contributed by atoms with Gasteiger partial charge in [-0.2, -0.15) is 0 Å². The second-order valence-corrected chi connectivity index (χ2v) is 18.7. The number of hydrogen-bond acceptors (Lipinski definition) is 5. The second-order valence-electron chi connectivity index (χ2n) is 13.1. The zero-order chi connectivity index (χ0) is 31.3. The summed E-state index contributed by atoms with van der Waals surface area (Å²) in [4.78, 5) is 26.5. The SMILES string of the molecule is Cc1cc(NCC(C)N(CC(O[Si](C)(C)C(C)(C)C)c2cccc(Cl)c2)C(=O)OC(C)(C)C)c(Cl)cc1CC(=O)O. The maximum absolute atomic E-state index is 13.6. The van der Waals surface area contributed by atoms with E-state index < -0.39 is 32.1 Å². The van der Waals surface area contributed by atoms with Crippen molar-refractivity contribution < 1.29 is 23.9 Å². The van der Waals surface area contributed by atoms with Gasteiger partial charge in [0.05, 0.1) is 29.8 Å². The average molecular weight is 626 g/mol. The minimum Gasteiger partial charge on any atom is -0.481 e. The number of rotatable bonds is 11. The molecule has 0 saturated carbocycles. The highest BCUT2D eigenvalue weighted by atomic mass is 35.5. The number of benzene rings is 2. The Bertz CT molecular complexity index is 1220. The van der Waals surface area contributed by atoms with E-state index >= 15 is 0 Å². The molecule has 2 N–H and O–H groups in total. The number of nitrogens with zero attached hydrogens (tertiary/aromatic N) is 1. The summed E-state index contributed by atoms with van der Waals surface area (Å²) in [6.45, 7) is 20.9. The Morgan fingerprint density at radius 3 is 2.24 bits per heavy atom. The minimum atomic E-state index is -2.25. The molecule has 0 radical (unpaired) electrons. The van der Waals surface area contributed by atoms with Crippen LogP contribution in [0, 0.1) is 6.92 Å². The number of carbonyl (C=O) groups excluding carboxylic acids is 1. The highest BCUT2D eigenvalue weighted by molar-refractivity contribution is 6.74. The number of carboxylic acids is 1. The highest BCUT2D eigenvalue weighted by Gasteiger charge is 2.41. The van der Waals surface area contributed by atoms with Gasteiger partial charge in [-0.05, 0) is 93.7 Å². The van der Waals surface area contributed by atoms with Gasteiger partial charge in [-0.15, -0.1) is 0 Å². The van der Waals surface area contributed by atoms with Crippen molar-refractivity contribution in [3.8, 4) is 0 Å². The van der Waals surface area contributed by atoms with Crippen LogP contribution in [0.4, 0.5) is 10.5 Å². The molecule has 0 fully saturated rings. The van der Waals surface area contributed by atoms with Crippen LogP contribution < -0.4 is 5.32 Å². The fraction of sp³-hybridized carbons (Fsp3) is 0.548. The Labute approximate surface area is 256 Å². The van der Waals surface area contributed by atoms with E-state index in [9.17, 15) is 14.7 Å². The molecule has 2 rings (SSSR count). The smallest absolute Gasteiger partial charge is 0.410 e. The van der Waals surface area contributed by atoms with Crippen molar-refractivity contribution in [2.24, 2.45) is 0 Å². The molecule has 2 aromatic rings. The van der Waals surface area contributed by atoms with Gasteiger partial charge in [-0.1, -0.05) is 56.1 Å². The van der Waals surface area contributed by atoms with Crippen LogP contribution in [-0.4, -0.2) is 55.1 Å². The Morgan fingerprint density at radius 1 is 1.07 bits per heavy atom. The third-order valence-electron chi connectivity index (χ3n) is 7.34. The first-order valence-electron chi connectivity index (χ1n) is 13.9. The van der Waals surface area contributed by atoms with E-state index in [2.05, 4.69) is 39.2 Å². The van der Waals surface area contributed by atoms with Gasteiger partial charge in [-0.25, -0.2) is 4.79 Å². The lowest BCUT2D eigenvalue weighted by Crippen LogP contribution is -2.49. The fourth-order valence-corrected chi connectivity index (χ4v) is 5.69. The molecule has 0 aromatic heterocycles. The summed E-state index contributed by atoms with van der Waals surface area (Å²) in [5.41, 5.74) is 2.35. The van der Waals surface area contributed by atoms with Gasteiger partial charge in [-0.3, -0.25) is 4.79 Å². The van der Waals surface area contributed by atoms with Gasteiger partial charge in [0.15, 0.2) is 8.32 Å². The van der Waals surface area contributed by atoms with Gasteiger partial charge in [0.25, 0.3) is 0 Å². The molecule has 2 aromatic carbocycles. The van der Waals surface area contributed by atoms with Crippen molar-refractivity contribution in [1.82, 2.24) is 4.90 Å². The first-order valence-corrected chi connectivity index (χ1v) is 17.5. The summed E-state index contributed by atoms with van der Waals surface area (Å²) >= 11 is 12.9. The summed E-state index contributed by atoms with van der Waals surface area (Å²) in [7, 11) is -2.25. The number of nitrogens with one attached hydrogen (secondary N) is 1. The standard InChI is InChI=1S/C31H46Cl2N2O5Si/c1-20-14-26(25(33)16-23(20)17-28(36)37)34-18-21(2)35(29(38)39-30(3,4)5)19-27(22-12-11-13-24(32)15-22)40-41(9,10)31(6,7)8/h11-16,21,27,34H,17-19H2,1-10H3,(H,36,37). The average Bonchev–Trinajstić information content (AvgIpc) is 2.80. The van der Waals surface area contributed by atoms with Gasteiger partial charge in [0, 0.05) is 17.6 Å². The number of carboxylic acid groups (broad SMARTS) is 1. The molecule has 0 aliphatic rings. The van der Waals surface area contributed by atoms with E-state index in [0.717, 1.165) is 11.1 Å². The zero-order valence-electron chi connectivity index (χ0n) is 26.0. The third-order valence-corrected chi connectivity index (χ3v) is 12.4. The first kappa shape index (κ1) is 34.9. The summed E-state index contributed by atoms with van der Waals surface area (Å²) in [5, 5.41) is 13.5. The molecule has 0 bridgehead atoms. The number of halogens is 2. The molecule has 0 heterocycles. The molecule has 1 amide bonds. The van der Waals surface area contributed by atoms with Gasteiger partial charge in [0.2, 0.25) is 0 Å². The summed E-state index contributed by atoms with van der Waals surface area (Å²) in [5.74, 6) is -0.916. The van der Waals surface area contributed by atoms with E-state index in [0.29, 0.717) is 27.8 Å². The number of aliphatic carboxylic acids is 1. The van der Waals surface area contributed by atoms with Crippen LogP contribution in [0.15, 0.2) is 36.4 Å². The maximum Gasteiger partial charge on any atom is 0.410 e. The molecule has 2 atom stereocenters. The zero-order valence-corrected chi connectivity index (χ0v) is 28.5. The predicted molar refractivity (Wildman–Crippen MR) is 171 cm³/mol. The molecule has 41 heavy (non-hydrogen) atoms. The fourth-order valence-electron chi connectivity index (χ4n) is 3.96. The number of ether oxygens (including phenoxy) is 1. The van der Waals surface area contributed by atoms with E-state index in [4.69, 9.17) is 32.4 Å². The lowest BCUT2D eigenvalue weighted by Gasteiger charge is -2.41. The Hall–Kier alpha value is -2.26. The largest absolute Gasteiger partial charge is 0.481 e. The molecule has 0 aliphatic carbocycles. The number of aryl methyl sites for hydroxylation is 1. The molecular weight excluding hydrogens is 579 g/mol. The Balaban J connectivity index is 2.41. The van der Waals surface area contributed by atoms with Crippen molar-refractivity contribution in [2.45, 2.75) is 97.7 Å². The van der Waals surface area contributed by atoms with Crippen LogP contribution >= 0.6 is 23.2 Å². The van der Waals surface area contributed by atoms with E-state index in [-0.39, 0.29) is 24.0 Å². The van der Waals surface area contributed by atoms with Crippen molar-refractivity contribution in [1.29, 1.82) is 0 Å². The summed E-state index contributed by atoms with van der Waals surface area (Å²) in [6.07, 6.45) is -0.976. The molecule has 228 valence electrons. The normalized spacial score (nSPS) is 13.9. The Kier molecular flexibility index (Phi) is 11.8. The van der Waals surface area contributed by atoms with Gasteiger partial charge in [0.1, 0.15) is 5.60 Å². The van der Waals surface area contributed by atoms with Crippen LogP contribution in [0.25, 0.3) is 0 Å². The lowest BCUT2D eigenvalue weighted by molar-refractivity contribution is -0.136. The highest BCUT2D eigenvalue weighted by Crippen LogP contribution is 2.40. The van der Waals surface area contributed by atoms with E-state index in [1.54, 1.807) is 11.0 Å². The van der Waals surface area contributed by atoms with Crippen LogP contribution in [-0.2, 0) is 20.4 Å². The van der Waals surface area contributed by atoms with Crippen molar-refractivity contribution >= 4 is 49.3 Å². The maximum atomic E-state index is 13.6. The van der Waals surface area contributed by atoms with E-state index in [1.807, 2.05) is 65.0 Å². The topological polar surface area (TPSA) is 88.1 Å². The van der Waals surface area contributed by atoms with Crippen LogP contribution in [0.3, 0.4) is 0 Å². The quantitative estimate of drug-likeness (QED) is 0.243. The number of amides is 1. The van der Waals surface area contributed by atoms with Crippen molar-refractivity contribution in [3.05, 3.63) is 63.1 Å². The number of anilines is 1. The molecule has 0 aliphatic heterocycles. The lowest BCUT2D eigenvalue weighted by atomic mass is 10.0. The second kappa shape index (κ2) is 13.8. The van der Waals surface area contributed by atoms with Crippen molar-refractivity contribution in [2.75, 3.05) is 18.4 Å². The summed E-state index contributed by atoms with van der Waals surface area (Å²) < 4.78 is 12.7. The first-order chi connectivity index (χ1) is 18.7. The van der Waals surface area contributed by atoms with Crippen LogP contribution in [0.1, 0.15) is 71.3 Å². The molecular formula is C31H46Cl2N2O5Si. The van der Waals surface area contributed by atoms with Crippen molar-refractivity contribution in [3.63, 3.8) is 0 Å². The minimum absolute atomic E-state index is 0.0465. The predicted octanol–water partition coefficient (Wildman–Crippen LogP) is 8.73. The van der Waals surface area contributed by atoms with Gasteiger partial charge < -0.3 is 24.5 Å². The molecule has 0 spiro atoms. The number of carbonyl (C=O) groups is 2. The third kappa shape index (κ3) is 10.5. The molecule has 0 saturated heterocycles.